The maximum atomic E-state index is 15.1. The minimum atomic E-state index is -4.65. The van der Waals surface area contributed by atoms with Gasteiger partial charge in [0.1, 0.15) is 34.4 Å². The van der Waals surface area contributed by atoms with Gasteiger partial charge in [-0.1, -0.05) is 11.6 Å². The number of imidazole rings is 1. The van der Waals surface area contributed by atoms with Gasteiger partial charge in [0.25, 0.3) is 0 Å². The number of ether oxygens (including phenoxy) is 1. The first-order valence-corrected chi connectivity index (χ1v) is 10.5. The van der Waals surface area contributed by atoms with Gasteiger partial charge in [-0.2, -0.15) is 18.2 Å². The lowest BCUT2D eigenvalue weighted by Crippen LogP contribution is -2.34. The summed E-state index contributed by atoms with van der Waals surface area (Å²) in [5.41, 5.74) is -1.07. The Morgan fingerprint density at radius 1 is 1.26 bits per heavy atom. The smallest absolute Gasteiger partial charge is 0.408 e. The van der Waals surface area contributed by atoms with Crippen LogP contribution in [0.15, 0.2) is 24.5 Å². The highest BCUT2D eigenvalue weighted by Crippen LogP contribution is 2.40. The summed E-state index contributed by atoms with van der Waals surface area (Å²) < 4.78 is 76.3. The predicted octanol–water partition coefficient (Wildman–Crippen LogP) is 4.94. The molecule has 2 heterocycles. The Morgan fingerprint density at radius 2 is 1.91 bits per heavy atom. The molecule has 0 aliphatic rings. The molecule has 0 saturated heterocycles. The lowest BCUT2D eigenvalue weighted by atomic mass is 10.1. The number of nitrogens with one attached hydrogen (secondary N) is 1. The van der Waals surface area contributed by atoms with Crippen LogP contribution in [-0.2, 0) is 4.79 Å². The summed E-state index contributed by atoms with van der Waals surface area (Å²) >= 11 is 6.16. The third-order valence-electron chi connectivity index (χ3n) is 5.06. The van der Waals surface area contributed by atoms with Crippen molar-refractivity contribution in [2.75, 3.05) is 25.5 Å². The van der Waals surface area contributed by atoms with Crippen LogP contribution in [-0.4, -0.2) is 57.6 Å². The maximum Gasteiger partial charge on any atom is 0.408 e. The van der Waals surface area contributed by atoms with Crippen LogP contribution in [0.25, 0.3) is 16.9 Å². The van der Waals surface area contributed by atoms with Crippen molar-refractivity contribution in [2.24, 2.45) is 0 Å². The number of hydrogen-bond acceptors (Lipinski definition) is 5. The third-order valence-corrected chi connectivity index (χ3v) is 5.33. The molecule has 1 N–H and O–H groups in total. The van der Waals surface area contributed by atoms with Crippen molar-refractivity contribution in [1.82, 2.24) is 19.3 Å². The Labute approximate surface area is 196 Å². The SMILES string of the molecule is CC(=O)N(C)CCCOc1cc(F)c(-c2c(Cl)nc3nccn3c2N[C@H](C)C(F)(F)F)c(F)c1. The van der Waals surface area contributed by atoms with E-state index in [1.165, 1.54) is 24.2 Å². The second-order valence-electron chi connectivity index (χ2n) is 7.54. The molecule has 2 aromatic heterocycles. The van der Waals surface area contributed by atoms with Crippen molar-refractivity contribution in [1.29, 1.82) is 0 Å². The summed E-state index contributed by atoms with van der Waals surface area (Å²) in [5.74, 6) is -2.86. The third kappa shape index (κ3) is 5.49. The molecular formula is C21H21ClF5N5O2. The molecule has 0 unspecified atom stereocenters. The molecule has 0 saturated carbocycles. The van der Waals surface area contributed by atoms with Gasteiger partial charge in [-0.15, -0.1) is 0 Å². The Kier molecular flexibility index (Phi) is 7.49. The first-order chi connectivity index (χ1) is 15.9. The second kappa shape index (κ2) is 10.00. The molecule has 1 aromatic carbocycles. The van der Waals surface area contributed by atoms with Crippen LogP contribution in [0.5, 0.6) is 5.75 Å². The average Bonchev–Trinajstić information content (AvgIpc) is 3.19. The van der Waals surface area contributed by atoms with E-state index in [-0.39, 0.29) is 29.9 Å². The van der Waals surface area contributed by atoms with Crippen LogP contribution in [0.3, 0.4) is 0 Å². The van der Waals surface area contributed by atoms with Crippen LogP contribution < -0.4 is 10.1 Å². The van der Waals surface area contributed by atoms with E-state index in [1.807, 2.05) is 0 Å². The summed E-state index contributed by atoms with van der Waals surface area (Å²) in [4.78, 5) is 20.5. The summed E-state index contributed by atoms with van der Waals surface area (Å²) in [6, 6.07) is -0.269. The van der Waals surface area contributed by atoms with E-state index in [2.05, 4.69) is 15.3 Å². The van der Waals surface area contributed by atoms with Crippen LogP contribution in [0.1, 0.15) is 20.3 Å². The lowest BCUT2D eigenvalue weighted by molar-refractivity contribution is -0.138. The second-order valence-corrected chi connectivity index (χ2v) is 7.89. The normalized spacial score (nSPS) is 12.6. The van der Waals surface area contributed by atoms with Gasteiger partial charge in [0.2, 0.25) is 11.7 Å². The molecule has 3 aromatic rings. The maximum absolute atomic E-state index is 15.1. The number of halogens is 6. The molecule has 0 fully saturated rings. The van der Waals surface area contributed by atoms with Crippen LogP contribution in [0.2, 0.25) is 5.15 Å². The number of alkyl halides is 3. The van der Waals surface area contributed by atoms with E-state index in [4.69, 9.17) is 16.3 Å². The van der Waals surface area contributed by atoms with E-state index < -0.39 is 40.1 Å². The molecule has 0 spiro atoms. The molecular weight excluding hydrogens is 485 g/mol. The first kappa shape index (κ1) is 25.5. The zero-order valence-corrected chi connectivity index (χ0v) is 19.1. The zero-order valence-electron chi connectivity index (χ0n) is 18.4. The molecule has 3 rings (SSSR count). The predicted molar refractivity (Wildman–Crippen MR) is 116 cm³/mol. The van der Waals surface area contributed by atoms with Crippen molar-refractivity contribution in [3.63, 3.8) is 0 Å². The Balaban J connectivity index is 1.97. The minimum Gasteiger partial charge on any atom is -0.493 e. The minimum absolute atomic E-state index is 0.0538. The van der Waals surface area contributed by atoms with E-state index in [0.29, 0.717) is 13.0 Å². The molecule has 1 amide bonds. The molecule has 1 atom stereocenters. The summed E-state index contributed by atoms with van der Waals surface area (Å²) in [6.07, 6.45) is -1.68. The number of carbonyl (C=O) groups excluding carboxylic acids is 1. The molecule has 0 aliphatic carbocycles. The molecule has 0 aliphatic heterocycles. The number of anilines is 1. The Bertz CT molecular complexity index is 1180. The van der Waals surface area contributed by atoms with Gasteiger partial charge in [-0.05, 0) is 13.3 Å². The van der Waals surface area contributed by atoms with Crippen molar-refractivity contribution in [3.05, 3.63) is 41.3 Å². The molecule has 7 nitrogen and oxygen atoms in total. The molecule has 13 heteroatoms. The molecule has 0 radical (unpaired) electrons. The summed E-state index contributed by atoms with van der Waals surface area (Å²) in [7, 11) is 1.61. The van der Waals surface area contributed by atoms with Crippen molar-refractivity contribution >= 4 is 29.1 Å². The highest BCUT2D eigenvalue weighted by atomic mass is 35.5. The first-order valence-electron chi connectivity index (χ1n) is 10.1. The number of amides is 1. The number of hydrogen-bond donors (Lipinski definition) is 1. The van der Waals surface area contributed by atoms with Gasteiger partial charge in [0, 0.05) is 45.0 Å². The molecule has 0 bridgehead atoms. The molecule has 184 valence electrons. The topological polar surface area (TPSA) is 71.8 Å². The summed E-state index contributed by atoms with van der Waals surface area (Å²) in [6.45, 7) is 2.73. The van der Waals surface area contributed by atoms with Crippen molar-refractivity contribution < 1.29 is 31.5 Å². The Morgan fingerprint density at radius 3 is 2.50 bits per heavy atom. The fourth-order valence-corrected chi connectivity index (χ4v) is 3.35. The average molecular weight is 506 g/mol. The quantitative estimate of drug-likeness (QED) is 0.267. The lowest BCUT2D eigenvalue weighted by Gasteiger charge is -2.22. The number of fused-ring (bicyclic) bond motifs is 1. The van der Waals surface area contributed by atoms with Crippen LogP contribution >= 0.6 is 11.6 Å². The van der Waals surface area contributed by atoms with E-state index in [9.17, 15) is 18.0 Å². The van der Waals surface area contributed by atoms with Gasteiger partial charge >= 0.3 is 6.18 Å². The van der Waals surface area contributed by atoms with Gasteiger partial charge < -0.3 is 15.0 Å². The standard InChI is InChI=1S/C21H21ClF5N5O2/c1-11(21(25,26)27)29-19-17(18(22)30-20-28-5-7-32(19)20)16-14(23)9-13(10-15(16)24)34-8-4-6-31(3)12(2)33/h5,7,9-11,29H,4,6,8H2,1-3H3/t11-/m1/s1. The van der Waals surface area contributed by atoms with E-state index >= 15 is 8.78 Å². The number of benzene rings is 1. The largest absolute Gasteiger partial charge is 0.493 e. The van der Waals surface area contributed by atoms with Crippen LogP contribution in [0, 0.1) is 11.6 Å². The highest BCUT2D eigenvalue weighted by Gasteiger charge is 2.37. The number of aromatic nitrogens is 3. The fourth-order valence-electron chi connectivity index (χ4n) is 3.09. The van der Waals surface area contributed by atoms with E-state index in [1.54, 1.807) is 7.05 Å². The van der Waals surface area contributed by atoms with Gasteiger partial charge in [-0.25, -0.2) is 13.8 Å². The van der Waals surface area contributed by atoms with Gasteiger partial charge in [0.15, 0.2) is 0 Å². The summed E-state index contributed by atoms with van der Waals surface area (Å²) in [5, 5.41) is 1.79. The monoisotopic (exact) mass is 505 g/mol. The number of carbonyl (C=O) groups is 1. The molecule has 34 heavy (non-hydrogen) atoms. The fraction of sp³-hybridized carbons (Fsp3) is 0.381. The van der Waals surface area contributed by atoms with Crippen LogP contribution in [0.4, 0.5) is 27.8 Å². The van der Waals surface area contributed by atoms with Crippen molar-refractivity contribution in [3.8, 4) is 16.9 Å². The van der Waals surface area contributed by atoms with Gasteiger partial charge in [-0.3, -0.25) is 9.20 Å². The van der Waals surface area contributed by atoms with Crippen molar-refractivity contribution in [2.45, 2.75) is 32.5 Å². The Hall–Kier alpha value is -3.15. The number of rotatable bonds is 8. The highest BCUT2D eigenvalue weighted by molar-refractivity contribution is 6.33. The van der Waals surface area contributed by atoms with E-state index in [0.717, 1.165) is 23.5 Å². The number of nitrogens with zero attached hydrogens (tertiary/aromatic N) is 4. The van der Waals surface area contributed by atoms with Gasteiger partial charge in [0.05, 0.1) is 17.7 Å². The zero-order chi connectivity index (χ0) is 25.2.